The molecule has 4 rings (SSSR count). The fraction of sp³-hybridized carbons (Fsp3) is 0.217. The lowest BCUT2D eigenvalue weighted by molar-refractivity contribution is 0.172. The minimum atomic E-state index is -3.54. The highest BCUT2D eigenvalue weighted by atomic mass is 32.2. The topological polar surface area (TPSA) is 124 Å². The monoisotopic (exact) mass is 455 g/mol. The van der Waals surface area contributed by atoms with Gasteiger partial charge in [-0.05, 0) is 35.9 Å². The number of rotatable bonds is 9. The Hall–Kier alpha value is -3.27. The second kappa shape index (κ2) is 9.07. The van der Waals surface area contributed by atoms with Crippen LogP contribution in [0, 0.1) is 0 Å². The molecule has 0 aliphatic carbocycles. The zero-order chi connectivity index (χ0) is 22.7. The molecule has 32 heavy (non-hydrogen) atoms. The van der Waals surface area contributed by atoms with Gasteiger partial charge in [0.15, 0.2) is 0 Å². The zero-order valence-corrected chi connectivity index (χ0v) is 18.3. The highest BCUT2D eigenvalue weighted by molar-refractivity contribution is 7.92. The number of nitrogens with one attached hydrogen (secondary N) is 3. The number of ether oxygens (including phenoxy) is 1. The molecule has 4 aromatic rings. The summed E-state index contributed by atoms with van der Waals surface area (Å²) < 4.78 is 30.8. The van der Waals surface area contributed by atoms with Gasteiger partial charge in [0.25, 0.3) is 0 Å². The summed E-state index contributed by atoms with van der Waals surface area (Å²) in [6.07, 6.45) is 0.117. The Labute approximate surface area is 185 Å². The van der Waals surface area contributed by atoms with Crippen molar-refractivity contribution in [3.8, 4) is 11.5 Å². The van der Waals surface area contributed by atoms with Gasteiger partial charge in [0.2, 0.25) is 10.0 Å². The number of phenolic OH excluding ortho intramolecular Hbond substituents is 1. The Morgan fingerprint density at radius 3 is 2.62 bits per heavy atom. The van der Waals surface area contributed by atoms with Crippen LogP contribution in [-0.2, 0) is 10.0 Å². The number of sulfonamides is 1. The van der Waals surface area contributed by atoms with Crippen molar-refractivity contribution in [1.82, 2.24) is 10.3 Å². The van der Waals surface area contributed by atoms with Crippen molar-refractivity contribution < 1.29 is 23.4 Å². The van der Waals surface area contributed by atoms with E-state index < -0.39 is 16.1 Å². The molecule has 0 radical (unpaired) electrons. The maximum absolute atomic E-state index is 11.4. The lowest BCUT2D eigenvalue weighted by Crippen LogP contribution is -2.26. The van der Waals surface area contributed by atoms with Gasteiger partial charge in [0, 0.05) is 35.4 Å². The van der Waals surface area contributed by atoms with Crippen molar-refractivity contribution in [3.05, 3.63) is 66.2 Å². The first kappa shape index (κ1) is 21.9. The van der Waals surface area contributed by atoms with Crippen molar-refractivity contribution in [3.63, 3.8) is 0 Å². The Balaban J connectivity index is 1.29. The molecule has 0 aliphatic heterocycles. The molecule has 1 atom stereocenters. The van der Waals surface area contributed by atoms with Crippen LogP contribution in [0.25, 0.3) is 21.8 Å². The summed E-state index contributed by atoms with van der Waals surface area (Å²) in [5.41, 5.74) is 2.60. The van der Waals surface area contributed by atoms with Crippen LogP contribution in [0.5, 0.6) is 11.5 Å². The van der Waals surface area contributed by atoms with Crippen LogP contribution >= 0.6 is 0 Å². The molecule has 5 N–H and O–H groups in total. The standard InChI is InChI=1S/C23H25N3O5S/c1-32(29,30)26-21-12-15(6-9-22(21)27)23(28)14-24-10-11-31-16-7-8-18-17-4-2-3-5-19(17)25-20(18)13-16/h2-9,12-13,23-28H,10-11,14H2,1H3/t23-/m1/s1. The first-order valence-corrected chi connectivity index (χ1v) is 12.0. The van der Waals surface area contributed by atoms with E-state index >= 15 is 0 Å². The van der Waals surface area contributed by atoms with Gasteiger partial charge in [0.1, 0.15) is 18.1 Å². The normalized spacial score (nSPS) is 12.8. The van der Waals surface area contributed by atoms with Crippen LogP contribution in [0.4, 0.5) is 5.69 Å². The minimum Gasteiger partial charge on any atom is -0.506 e. The van der Waals surface area contributed by atoms with Gasteiger partial charge in [-0.25, -0.2) is 8.42 Å². The Morgan fingerprint density at radius 2 is 1.81 bits per heavy atom. The maximum Gasteiger partial charge on any atom is 0.229 e. The number of aromatic hydroxyl groups is 1. The number of hydrogen-bond donors (Lipinski definition) is 5. The van der Waals surface area contributed by atoms with Crippen molar-refractivity contribution >= 4 is 37.5 Å². The molecule has 1 heterocycles. The van der Waals surface area contributed by atoms with E-state index in [1.807, 2.05) is 36.4 Å². The van der Waals surface area contributed by atoms with Crippen molar-refractivity contribution in [2.45, 2.75) is 6.10 Å². The van der Waals surface area contributed by atoms with E-state index in [-0.39, 0.29) is 18.0 Å². The molecular formula is C23H25N3O5S. The fourth-order valence-electron chi connectivity index (χ4n) is 3.56. The maximum atomic E-state index is 11.4. The molecule has 3 aromatic carbocycles. The summed E-state index contributed by atoms with van der Waals surface area (Å²) in [5.74, 6) is 0.543. The van der Waals surface area contributed by atoms with Crippen LogP contribution in [0.2, 0.25) is 0 Å². The Kier molecular flexibility index (Phi) is 6.22. The molecule has 168 valence electrons. The third-order valence-electron chi connectivity index (χ3n) is 5.06. The molecule has 0 bridgehead atoms. The van der Waals surface area contributed by atoms with E-state index in [0.717, 1.165) is 28.4 Å². The largest absolute Gasteiger partial charge is 0.506 e. The molecule has 0 fully saturated rings. The van der Waals surface area contributed by atoms with Crippen molar-refractivity contribution in [2.75, 3.05) is 30.7 Å². The first-order valence-electron chi connectivity index (χ1n) is 10.1. The van der Waals surface area contributed by atoms with E-state index in [1.165, 1.54) is 17.5 Å². The second-order valence-corrected chi connectivity index (χ2v) is 9.35. The molecule has 0 unspecified atom stereocenters. The number of hydrogen-bond acceptors (Lipinski definition) is 6. The number of para-hydroxylation sites is 1. The predicted octanol–water partition coefficient (Wildman–Crippen LogP) is 3.10. The van der Waals surface area contributed by atoms with Gasteiger partial charge in [-0.15, -0.1) is 0 Å². The summed E-state index contributed by atoms with van der Waals surface area (Å²) in [5, 5.41) is 25.6. The van der Waals surface area contributed by atoms with Gasteiger partial charge in [-0.2, -0.15) is 0 Å². The summed E-state index contributed by atoms with van der Waals surface area (Å²) in [7, 11) is -3.54. The third kappa shape index (κ3) is 5.13. The van der Waals surface area contributed by atoms with Gasteiger partial charge in [-0.3, -0.25) is 4.72 Å². The number of fused-ring (bicyclic) bond motifs is 3. The number of aromatic nitrogens is 1. The van der Waals surface area contributed by atoms with Crippen molar-refractivity contribution in [2.24, 2.45) is 0 Å². The number of anilines is 1. The van der Waals surface area contributed by atoms with Gasteiger partial charge < -0.3 is 25.3 Å². The number of aliphatic hydroxyl groups excluding tert-OH is 1. The Bertz CT molecular complexity index is 1350. The SMILES string of the molecule is CS(=O)(=O)Nc1cc([C@H](O)CNCCOc2ccc3c(c2)[nH]c2ccccc23)ccc1O. The molecule has 0 saturated heterocycles. The summed E-state index contributed by atoms with van der Waals surface area (Å²) in [6, 6.07) is 18.4. The third-order valence-corrected chi connectivity index (χ3v) is 5.65. The van der Waals surface area contributed by atoms with E-state index in [9.17, 15) is 18.6 Å². The van der Waals surface area contributed by atoms with E-state index in [0.29, 0.717) is 18.7 Å². The van der Waals surface area contributed by atoms with Gasteiger partial charge >= 0.3 is 0 Å². The molecule has 0 spiro atoms. The lowest BCUT2D eigenvalue weighted by Gasteiger charge is -2.15. The van der Waals surface area contributed by atoms with Crippen LogP contribution in [-0.4, -0.2) is 49.6 Å². The number of benzene rings is 3. The second-order valence-electron chi connectivity index (χ2n) is 7.60. The number of H-pyrrole nitrogens is 1. The lowest BCUT2D eigenvalue weighted by atomic mass is 10.1. The van der Waals surface area contributed by atoms with Crippen molar-refractivity contribution in [1.29, 1.82) is 0 Å². The summed E-state index contributed by atoms with van der Waals surface area (Å²) in [4.78, 5) is 3.39. The highest BCUT2D eigenvalue weighted by Crippen LogP contribution is 2.29. The van der Waals surface area contributed by atoms with Gasteiger partial charge in [0.05, 0.1) is 23.6 Å². The number of aliphatic hydroxyl groups is 1. The molecule has 0 aliphatic rings. The van der Waals surface area contributed by atoms with Crippen LogP contribution in [0.1, 0.15) is 11.7 Å². The minimum absolute atomic E-state index is 0.0275. The number of aromatic amines is 1. The quantitative estimate of drug-likeness (QED) is 0.195. The van der Waals surface area contributed by atoms with E-state index in [2.05, 4.69) is 21.1 Å². The smallest absolute Gasteiger partial charge is 0.229 e. The highest BCUT2D eigenvalue weighted by Gasteiger charge is 2.13. The number of phenols is 1. The first-order chi connectivity index (χ1) is 15.3. The van der Waals surface area contributed by atoms with Crippen LogP contribution in [0.3, 0.4) is 0 Å². The molecule has 0 amide bonds. The summed E-state index contributed by atoms with van der Waals surface area (Å²) >= 11 is 0. The van der Waals surface area contributed by atoms with E-state index in [4.69, 9.17) is 4.74 Å². The molecule has 8 nitrogen and oxygen atoms in total. The predicted molar refractivity (Wildman–Crippen MR) is 126 cm³/mol. The summed E-state index contributed by atoms with van der Waals surface area (Å²) in [6.45, 7) is 1.16. The molecular weight excluding hydrogens is 430 g/mol. The molecule has 0 saturated carbocycles. The Morgan fingerprint density at radius 1 is 1.03 bits per heavy atom. The van der Waals surface area contributed by atoms with Crippen LogP contribution in [0.15, 0.2) is 60.7 Å². The van der Waals surface area contributed by atoms with Gasteiger partial charge in [-0.1, -0.05) is 24.3 Å². The molecule has 9 heteroatoms. The molecule has 1 aromatic heterocycles. The van der Waals surface area contributed by atoms with E-state index in [1.54, 1.807) is 6.07 Å². The zero-order valence-electron chi connectivity index (χ0n) is 17.5. The average Bonchev–Trinajstić information content (AvgIpc) is 3.11. The van der Waals surface area contributed by atoms with Crippen LogP contribution < -0.4 is 14.8 Å². The average molecular weight is 456 g/mol. The fourth-order valence-corrected chi connectivity index (χ4v) is 4.13.